The summed E-state index contributed by atoms with van der Waals surface area (Å²) in [7, 11) is 0. The van der Waals surface area contributed by atoms with Gasteiger partial charge in [0.25, 0.3) is 5.92 Å². The molecule has 0 radical (unpaired) electrons. The van der Waals surface area contributed by atoms with Crippen molar-refractivity contribution in [3.8, 4) is 11.1 Å². The van der Waals surface area contributed by atoms with Crippen LogP contribution in [0.3, 0.4) is 0 Å². The van der Waals surface area contributed by atoms with Crippen LogP contribution in [0, 0.1) is 0 Å². The van der Waals surface area contributed by atoms with Crippen molar-refractivity contribution in [3.05, 3.63) is 36.5 Å². The minimum absolute atomic E-state index is 0.0521. The molecule has 22 heavy (non-hydrogen) atoms. The van der Waals surface area contributed by atoms with Gasteiger partial charge in [0, 0.05) is 44.2 Å². The Labute approximate surface area is 128 Å². The molecule has 1 aromatic heterocycles. The van der Waals surface area contributed by atoms with E-state index in [2.05, 4.69) is 10.00 Å². The van der Waals surface area contributed by atoms with Gasteiger partial charge >= 0.3 is 0 Å². The Kier molecular flexibility index (Phi) is 4.11. The van der Waals surface area contributed by atoms with Gasteiger partial charge < -0.3 is 10.6 Å². The van der Waals surface area contributed by atoms with E-state index in [0.29, 0.717) is 32.0 Å². The van der Waals surface area contributed by atoms with E-state index in [9.17, 15) is 8.78 Å². The minimum atomic E-state index is -2.49. The van der Waals surface area contributed by atoms with Crippen LogP contribution < -0.4 is 5.73 Å². The molecule has 1 aliphatic rings. The fourth-order valence-electron chi connectivity index (χ4n) is 2.74. The van der Waals surface area contributed by atoms with Gasteiger partial charge in [-0.05, 0) is 5.56 Å². The maximum Gasteiger partial charge on any atom is 0.250 e. The molecule has 3 rings (SSSR count). The Bertz CT molecular complexity index is 614. The van der Waals surface area contributed by atoms with Gasteiger partial charge in [0.2, 0.25) is 0 Å². The summed E-state index contributed by atoms with van der Waals surface area (Å²) >= 11 is 0. The number of piperidine rings is 1. The number of alkyl halides is 2. The van der Waals surface area contributed by atoms with E-state index < -0.39 is 5.92 Å². The van der Waals surface area contributed by atoms with Crippen molar-refractivity contribution in [1.29, 1.82) is 0 Å². The quantitative estimate of drug-likeness (QED) is 0.945. The van der Waals surface area contributed by atoms with E-state index in [-0.39, 0.29) is 12.8 Å². The van der Waals surface area contributed by atoms with Crippen LogP contribution in [0.25, 0.3) is 11.1 Å². The largest absolute Gasteiger partial charge is 0.382 e. The number of aromatic nitrogens is 2. The molecule has 1 aliphatic heterocycles. The van der Waals surface area contributed by atoms with E-state index in [0.717, 1.165) is 11.1 Å². The van der Waals surface area contributed by atoms with E-state index >= 15 is 0 Å². The molecule has 1 saturated heterocycles. The van der Waals surface area contributed by atoms with Crippen molar-refractivity contribution in [2.75, 3.05) is 25.4 Å². The van der Waals surface area contributed by atoms with Gasteiger partial charge in [0.15, 0.2) is 5.82 Å². The summed E-state index contributed by atoms with van der Waals surface area (Å²) in [6, 6.07) is 9.85. The second kappa shape index (κ2) is 6.04. The third-order valence-electron chi connectivity index (χ3n) is 4.11. The van der Waals surface area contributed by atoms with E-state index in [4.69, 9.17) is 5.73 Å². The second-order valence-electron chi connectivity index (χ2n) is 5.75. The Hall–Kier alpha value is -1.95. The Morgan fingerprint density at radius 3 is 2.45 bits per heavy atom. The van der Waals surface area contributed by atoms with Crippen LogP contribution in [0.5, 0.6) is 0 Å². The predicted molar refractivity (Wildman–Crippen MR) is 82.7 cm³/mol. The van der Waals surface area contributed by atoms with E-state index in [1.54, 1.807) is 4.68 Å². The lowest BCUT2D eigenvalue weighted by atomic mass is 10.1. The molecule has 2 heterocycles. The van der Waals surface area contributed by atoms with Crippen LogP contribution in [-0.2, 0) is 6.54 Å². The van der Waals surface area contributed by atoms with Gasteiger partial charge in [-0.3, -0.25) is 4.68 Å². The SMILES string of the molecule is Nc1nn(CCN2CCC(F)(F)CC2)cc1-c1ccccc1. The number of nitrogen functional groups attached to an aromatic ring is 1. The molecule has 6 heteroatoms. The highest BCUT2D eigenvalue weighted by Crippen LogP contribution is 2.28. The normalized spacial score (nSPS) is 18.5. The third-order valence-corrected chi connectivity index (χ3v) is 4.11. The highest BCUT2D eigenvalue weighted by atomic mass is 19.3. The molecule has 0 bridgehead atoms. The first-order chi connectivity index (χ1) is 10.5. The van der Waals surface area contributed by atoms with E-state index in [1.807, 2.05) is 36.5 Å². The number of hydrogen-bond acceptors (Lipinski definition) is 3. The maximum atomic E-state index is 13.1. The standard InChI is InChI=1S/C16H20F2N4/c17-16(18)6-8-21(9-7-16)10-11-22-12-14(15(19)20-22)13-4-2-1-3-5-13/h1-5,12H,6-11H2,(H2,19,20). The molecule has 0 spiro atoms. The predicted octanol–water partition coefficient (Wildman–Crippen LogP) is 2.86. The third kappa shape index (κ3) is 3.44. The van der Waals surface area contributed by atoms with Crippen LogP contribution in [0.4, 0.5) is 14.6 Å². The highest BCUT2D eigenvalue weighted by Gasteiger charge is 2.33. The van der Waals surface area contributed by atoms with Crippen molar-refractivity contribution in [2.45, 2.75) is 25.3 Å². The summed E-state index contributed by atoms with van der Waals surface area (Å²) < 4.78 is 28.0. The molecule has 0 atom stereocenters. The smallest absolute Gasteiger partial charge is 0.250 e. The first kappa shape index (κ1) is 15.0. The summed E-state index contributed by atoms with van der Waals surface area (Å²) in [5.74, 6) is -2.00. The molecular formula is C16H20F2N4. The summed E-state index contributed by atoms with van der Waals surface area (Å²) in [5, 5.41) is 4.32. The Balaban J connectivity index is 1.60. The summed E-state index contributed by atoms with van der Waals surface area (Å²) in [4.78, 5) is 2.05. The summed E-state index contributed by atoms with van der Waals surface area (Å²) in [6.07, 6.45) is 1.82. The number of rotatable bonds is 4. The van der Waals surface area contributed by atoms with Crippen molar-refractivity contribution in [2.24, 2.45) is 0 Å². The van der Waals surface area contributed by atoms with Crippen LogP contribution in [0.1, 0.15) is 12.8 Å². The van der Waals surface area contributed by atoms with Crippen molar-refractivity contribution in [1.82, 2.24) is 14.7 Å². The number of anilines is 1. The van der Waals surface area contributed by atoms with Crippen LogP contribution >= 0.6 is 0 Å². The lowest BCUT2D eigenvalue weighted by Gasteiger charge is -2.31. The molecule has 0 unspecified atom stereocenters. The summed E-state index contributed by atoms with van der Waals surface area (Å²) in [5.41, 5.74) is 7.91. The molecule has 2 N–H and O–H groups in total. The van der Waals surface area contributed by atoms with Crippen LogP contribution in [-0.4, -0.2) is 40.2 Å². The van der Waals surface area contributed by atoms with E-state index in [1.165, 1.54) is 0 Å². The second-order valence-corrected chi connectivity index (χ2v) is 5.75. The zero-order chi connectivity index (χ0) is 15.6. The minimum Gasteiger partial charge on any atom is -0.382 e. The average molecular weight is 306 g/mol. The fourth-order valence-corrected chi connectivity index (χ4v) is 2.74. The Morgan fingerprint density at radius 1 is 1.09 bits per heavy atom. The number of nitrogens with two attached hydrogens (primary N) is 1. The molecule has 0 saturated carbocycles. The number of halogens is 2. The number of likely N-dealkylation sites (tertiary alicyclic amines) is 1. The average Bonchev–Trinajstić information content (AvgIpc) is 2.88. The number of nitrogens with zero attached hydrogens (tertiary/aromatic N) is 3. The molecule has 4 nitrogen and oxygen atoms in total. The van der Waals surface area contributed by atoms with Gasteiger partial charge in [0.1, 0.15) is 0 Å². The molecule has 1 aromatic carbocycles. The topological polar surface area (TPSA) is 47.1 Å². The van der Waals surface area contributed by atoms with Gasteiger partial charge in [-0.2, -0.15) is 5.10 Å². The molecule has 2 aromatic rings. The van der Waals surface area contributed by atoms with Crippen molar-refractivity contribution >= 4 is 5.82 Å². The summed E-state index contributed by atoms with van der Waals surface area (Å²) in [6.45, 7) is 2.25. The molecular weight excluding hydrogens is 286 g/mol. The first-order valence-electron chi connectivity index (χ1n) is 7.52. The maximum absolute atomic E-state index is 13.1. The number of hydrogen-bond donors (Lipinski definition) is 1. The first-order valence-corrected chi connectivity index (χ1v) is 7.52. The Morgan fingerprint density at radius 2 is 1.77 bits per heavy atom. The van der Waals surface area contributed by atoms with Gasteiger partial charge in [-0.1, -0.05) is 30.3 Å². The van der Waals surface area contributed by atoms with Crippen LogP contribution in [0.2, 0.25) is 0 Å². The molecule has 0 amide bonds. The van der Waals surface area contributed by atoms with Gasteiger partial charge in [0.05, 0.1) is 6.54 Å². The van der Waals surface area contributed by atoms with Crippen LogP contribution in [0.15, 0.2) is 36.5 Å². The molecule has 1 fully saturated rings. The molecule has 118 valence electrons. The van der Waals surface area contributed by atoms with Crippen molar-refractivity contribution in [3.63, 3.8) is 0 Å². The van der Waals surface area contributed by atoms with Gasteiger partial charge in [-0.25, -0.2) is 8.78 Å². The molecule has 0 aliphatic carbocycles. The lowest BCUT2D eigenvalue weighted by Crippen LogP contribution is -2.40. The lowest BCUT2D eigenvalue weighted by molar-refractivity contribution is -0.0555. The number of benzene rings is 1. The monoisotopic (exact) mass is 306 g/mol. The zero-order valence-electron chi connectivity index (χ0n) is 12.4. The fraction of sp³-hybridized carbons (Fsp3) is 0.438. The zero-order valence-corrected chi connectivity index (χ0v) is 12.4. The van der Waals surface area contributed by atoms with Gasteiger partial charge in [-0.15, -0.1) is 0 Å². The van der Waals surface area contributed by atoms with Crippen molar-refractivity contribution < 1.29 is 8.78 Å². The highest BCUT2D eigenvalue weighted by molar-refractivity contribution is 5.72.